The summed E-state index contributed by atoms with van der Waals surface area (Å²) in [6.45, 7) is 1.69. The Morgan fingerprint density at radius 2 is 1.94 bits per heavy atom. The number of hydrogen-bond donors (Lipinski definition) is 0. The quantitative estimate of drug-likeness (QED) is 0.739. The fraction of sp³-hybridized carbons (Fsp3) is 0.417. The van der Waals surface area contributed by atoms with Gasteiger partial charge in [0, 0.05) is 6.42 Å². The lowest BCUT2D eigenvalue weighted by atomic mass is 10.2. The molecule has 1 atom stereocenters. The van der Waals surface area contributed by atoms with Gasteiger partial charge in [-0.1, -0.05) is 30.3 Å². The van der Waals surface area contributed by atoms with Crippen molar-refractivity contribution in [2.45, 2.75) is 25.0 Å². The average Bonchev–Trinajstić information content (AvgIpc) is 2.29. The molecule has 0 aliphatic carbocycles. The molecule has 86 valence electrons. The number of benzene rings is 1. The van der Waals surface area contributed by atoms with Gasteiger partial charge in [-0.25, -0.2) is 8.42 Å². The van der Waals surface area contributed by atoms with E-state index in [9.17, 15) is 8.42 Å². The highest BCUT2D eigenvalue weighted by Gasteiger charge is 2.21. The Hall–Kier alpha value is -1.34. The van der Waals surface area contributed by atoms with Gasteiger partial charge in [-0.2, -0.15) is 5.26 Å². The van der Waals surface area contributed by atoms with Crippen LogP contribution in [0.5, 0.6) is 0 Å². The molecule has 0 N–H and O–H groups in total. The molecule has 1 rings (SSSR count). The summed E-state index contributed by atoms with van der Waals surface area (Å²) < 4.78 is 23.8. The minimum absolute atomic E-state index is 0.0800. The normalized spacial score (nSPS) is 13.0. The van der Waals surface area contributed by atoms with Gasteiger partial charge in [0.15, 0.2) is 9.84 Å². The van der Waals surface area contributed by atoms with Gasteiger partial charge in [0.05, 0.1) is 17.1 Å². The maximum absolute atomic E-state index is 11.9. The van der Waals surface area contributed by atoms with Gasteiger partial charge < -0.3 is 0 Å². The molecule has 0 radical (unpaired) electrons. The average molecular weight is 237 g/mol. The Morgan fingerprint density at radius 3 is 2.50 bits per heavy atom. The predicted octanol–water partition coefficient (Wildman–Crippen LogP) is 2.47. The first kappa shape index (κ1) is 12.7. The highest BCUT2D eigenvalue weighted by Crippen LogP contribution is 2.22. The molecule has 0 amide bonds. The van der Waals surface area contributed by atoms with E-state index in [0.717, 1.165) is 5.56 Å². The number of nitrogens with zero attached hydrogens (tertiary/aromatic N) is 1. The molecule has 1 aromatic carbocycles. The van der Waals surface area contributed by atoms with Gasteiger partial charge in [0.2, 0.25) is 0 Å². The lowest BCUT2D eigenvalue weighted by Crippen LogP contribution is -2.14. The Morgan fingerprint density at radius 1 is 1.31 bits per heavy atom. The van der Waals surface area contributed by atoms with Crippen LogP contribution in [0.3, 0.4) is 0 Å². The van der Waals surface area contributed by atoms with Crippen molar-refractivity contribution in [1.82, 2.24) is 0 Å². The summed E-state index contributed by atoms with van der Waals surface area (Å²) in [5.74, 6) is 0.0800. The van der Waals surface area contributed by atoms with Crippen LogP contribution in [0.2, 0.25) is 0 Å². The van der Waals surface area contributed by atoms with E-state index in [0.29, 0.717) is 12.8 Å². The van der Waals surface area contributed by atoms with Crippen molar-refractivity contribution in [2.24, 2.45) is 0 Å². The zero-order valence-electron chi connectivity index (χ0n) is 9.26. The summed E-state index contributed by atoms with van der Waals surface area (Å²) in [5.41, 5.74) is 0.805. The topological polar surface area (TPSA) is 57.9 Å². The van der Waals surface area contributed by atoms with Gasteiger partial charge >= 0.3 is 0 Å². The van der Waals surface area contributed by atoms with Gasteiger partial charge in [-0.15, -0.1) is 0 Å². The van der Waals surface area contributed by atoms with E-state index >= 15 is 0 Å². The molecule has 1 unspecified atom stereocenters. The molecule has 0 aliphatic heterocycles. The second-order valence-electron chi connectivity index (χ2n) is 3.68. The molecule has 0 aromatic heterocycles. The van der Waals surface area contributed by atoms with E-state index in [1.54, 1.807) is 6.92 Å². The molecule has 0 bridgehead atoms. The number of hydrogen-bond acceptors (Lipinski definition) is 3. The zero-order chi connectivity index (χ0) is 12.0. The molecule has 0 saturated carbocycles. The van der Waals surface area contributed by atoms with E-state index in [1.165, 1.54) is 0 Å². The van der Waals surface area contributed by atoms with Crippen LogP contribution in [0.4, 0.5) is 0 Å². The third-order valence-electron chi connectivity index (χ3n) is 2.53. The third kappa shape index (κ3) is 3.35. The van der Waals surface area contributed by atoms with Crippen molar-refractivity contribution >= 4 is 9.84 Å². The van der Waals surface area contributed by atoms with E-state index in [-0.39, 0.29) is 5.75 Å². The van der Waals surface area contributed by atoms with Crippen LogP contribution >= 0.6 is 0 Å². The molecule has 16 heavy (non-hydrogen) atoms. The molecular formula is C12H15NO2S. The fourth-order valence-corrected chi connectivity index (χ4v) is 2.93. The molecule has 0 spiro atoms. The smallest absolute Gasteiger partial charge is 0.157 e. The second kappa shape index (κ2) is 5.66. The Kier molecular flexibility index (Phi) is 4.51. The molecule has 0 fully saturated rings. The molecule has 1 aromatic rings. The lowest BCUT2D eigenvalue weighted by molar-refractivity contribution is 0.584. The fourth-order valence-electron chi connectivity index (χ4n) is 1.46. The molecule has 0 aliphatic rings. The Labute approximate surface area is 96.6 Å². The number of nitriles is 1. The van der Waals surface area contributed by atoms with E-state index in [1.807, 2.05) is 36.4 Å². The molecule has 0 saturated heterocycles. The monoisotopic (exact) mass is 237 g/mol. The Balaban J connectivity index is 2.74. The van der Waals surface area contributed by atoms with E-state index in [4.69, 9.17) is 5.26 Å². The van der Waals surface area contributed by atoms with Gasteiger partial charge in [0.1, 0.15) is 0 Å². The molecular weight excluding hydrogens is 222 g/mol. The van der Waals surface area contributed by atoms with Crippen molar-refractivity contribution < 1.29 is 8.42 Å². The van der Waals surface area contributed by atoms with Crippen LogP contribution in [0.15, 0.2) is 30.3 Å². The summed E-state index contributed by atoms with van der Waals surface area (Å²) in [5, 5.41) is 7.88. The molecule has 0 heterocycles. The minimum Gasteiger partial charge on any atom is -0.228 e. The summed E-state index contributed by atoms with van der Waals surface area (Å²) in [4.78, 5) is 0. The van der Waals surface area contributed by atoms with Crippen LogP contribution in [-0.4, -0.2) is 14.2 Å². The van der Waals surface area contributed by atoms with Crippen molar-refractivity contribution in [3.8, 4) is 6.07 Å². The van der Waals surface area contributed by atoms with Gasteiger partial charge in [-0.3, -0.25) is 0 Å². The van der Waals surface area contributed by atoms with Crippen molar-refractivity contribution in [1.29, 1.82) is 5.26 Å². The summed E-state index contributed by atoms with van der Waals surface area (Å²) in [6.07, 6.45) is 0.705. The first-order valence-corrected chi connectivity index (χ1v) is 6.93. The third-order valence-corrected chi connectivity index (χ3v) is 4.73. The molecule has 4 heteroatoms. The van der Waals surface area contributed by atoms with Crippen LogP contribution in [0.1, 0.15) is 30.6 Å². The number of sulfone groups is 1. The Bertz CT molecular complexity index is 460. The van der Waals surface area contributed by atoms with Gasteiger partial charge in [-0.05, 0) is 18.9 Å². The lowest BCUT2D eigenvalue weighted by Gasteiger charge is -2.12. The van der Waals surface area contributed by atoms with Gasteiger partial charge in [0.25, 0.3) is 0 Å². The maximum atomic E-state index is 11.9. The second-order valence-corrected chi connectivity index (χ2v) is 6.12. The van der Waals surface area contributed by atoms with Crippen LogP contribution < -0.4 is 0 Å². The first-order chi connectivity index (χ1) is 7.58. The van der Waals surface area contributed by atoms with Crippen LogP contribution in [0.25, 0.3) is 0 Å². The van der Waals surface area contributed by atoms with Crippen LogP contribution in [-0.2, 0) is 9.84 Å². The maximum Gasteiger partial charge on any atom is 0.157 e. The van der Waals surface area contributed by atoms with E-state index in [2.05, 4.69) is 0 Å². The van der Waals surface area contributed by atoms with E-state index < -0.39 is 15.1 Å². The van der Waals surface area contributed by atoms with Crippen molar-refractivity contribution in [3.63, 3.8) is 0 Å². The standard InChI is InChI=1S/C12H15NO2S/c1-11(12-7-3-2-4-8-12)16(14,15)10-6-5-9-13/h2-4,7-8,11H,5-6,10H2,1H3. The minimum atomic E-state index is -3.14. The van der Waals surface area contributed by atoms with Crippen molar-refractivity contribution in [2.75, 3.05) is 5.75 Å². The van der Waals surface area contributed by atoms with Crippen molar-refractivity contribution in [3.05, 3.63) is 35.9 Å². The summed E-state index contributed by atoms with van der Waals surface area (Å²) in [7, 11) is -3.14. The van der Waals surface area contributed by atoms with Crippen LogP contribution in [0, 0.1) is 11.3 Å². The highest BCUT2D eigenvalue weighted by atomic mass is 32.2. The largest absolute Gasteiger partial charge is 0.228 e. The SMILES string of the molecule is CC(c1ccccc1)S(=O)(=O)CCCC#N. The summed E-state index contributed by atoms with van der Waals surface area (Å²) in [6, 6.07) is 11.1. The number of rotatable bonds is 5. The first-order valence-electron chi connectivity index (χ1n) is 5.21. The zero-order valence-corrected chi connectivity index (χ0v) is 10.1. The highest BCUT2D eigenvalue weighted by molar-refractivity contribution is 7.91. The molecule has 3 nitrogen and oxygen atoms in total. The number of unbranched alkanes of at least 4 members (excludes halogenated alkanes) is 1. The summed E-state index contributed by atoms with van der Waals surface area (Å²) >= 11 is 0. The predicted molar refractivity (Wildman–Crippen MR) is 63.5 cm³/mol.